The molecule has 3 heteroatoms. The van der Waals surface area contributed by atoms with Gasteiger partial charge in [-0.1, -0.05) is 24.8 Å². The molecule has 2 nitrogen and oxygen atoms in total. The summed E-state index contributed by atoms with van der Waals surface area (Å²) in [5, 5.41) is 10.4. The third-order valence-electron chi connectivity index (χ3n) is 2.00. The molecule has 0 aliphatic carbocycles. The van der Waals surface area contributed by atoms with Gasteiger partial charge < -0.3 is 5.11 Å². The van der Waals surface area contributed by atoms with Gasteiger partial charge in [-0.2, -0.15) is 0 Å². The number of aromatic hydroxyl groups is 1. The number of aromatic nitrogens is 1. The second-order valence-corrected chi connectivity index (χ2v) is 2.78. The molecule has 1 heterocycles. The Morgan fingerprint density at radius 1 is 1.29 bits per heavy atom. The largest absolute Gasteiger partial charge is 0.506 e. The number of hydrogen-bond donors (Lipinski definition) is 1. The van der Waals surface area contributed by atoms with Crippen molar-refractivity contribution in [2.24, 2.45) is 0 Å². The van der Waals surface area contributed by atoms with Crippen LogP contribution in [0.5, 0.6) is 5.75 Å². The summed E-state index contributed by atoms with van der Waals surface area (Å²) in [6, 6.07) is 7.21. The zero-order chi connectivity index (χ0) is 9.26. The van der Waals surface area contributed by atoms with Crippen molar-refractivity contribution in [3.05, 3.63) is 42.6 Å². The summed E-state index contributed by atoms with van der Waals surface area (Å²) in [6.07, 6.45) is 3.42. The molecule has 0 atom stereocenters. The van der Waals surface area contributed by atoms with Crippen LogP contribution in [0.1, 0.15) is 5.56 Å². The molecule has 0 amide bonds. The Hall–Kier alpha value is -1.21. The molecule has 14 heavy (non-hydrogen) atoms. The minimum Gasteiger partial charge on any atom is -0.506 e. The number of nitrogens with zero attached hydrogens (tertiary/aromatic N) is 1. The number of phenolic OH excluding ortho intramolecular Hbond substituents is 1. The summed E-state index contributed by atoms with van der Waals surface area (Å²) < 4.78 is 0. The molecule has 66 valence electrons. The average Bonchev–Trinajstić information content (AvgIpc) is 2.19. The smallest absolute Gasteiger partial charge is 0.141 e. The molecule has 1 N–H and O–H groups in total. The van der Waals surface area contributed by atoms with Crippen molar-refractivity contribution in [3.63, 3.8) is 0 Å². The Labute approximate surface area is 95.1 Å². The van der Waals surface area contributed by atoms with E-state index in [2.05, 4.69) is 11.6 Å². The van der Waals surface area contributed by atoms with Gasteiger partial charge in [0, 0.05) is 31.1 Å². The predicted molar refractivity (Wildman–Crippen MR) is 53.5 cm³/mol. The van der Waals surface area contributed by atoms with Crippen LogP contribution in [0.3, 0.4) is 0 Å². The number of phenols is 1. The summed E-state index contributed by atoms with van der Waals surface area (Å²) in [4.78, 5) is 4.09. The average molecular weight is 237 g/mol. The van der Waals surface area contributed by atoms with Gasteiger partial charge in [0.15, 0.2) is 0 Å². The summed E-state index contributed by atoms with van der Waals surface area (Å²) in [7, 11) is 0. The van der Waals surface area contributed by atoms with E-state index in [1.807, 2.05) is 18.2 Å². The summed E-state index contributed by atoms with van der Waals surface area (Å²) in [5.74, 6) is 0.209. The van der Waals surface area contributed by atoms with Gasteiger partial charge in [0.1, 0.15) is 11.3 Å². The van der Waals surface area contributed by atoms with E-state index in [4.69, 9.17) is 0 Å². The first-order valence-corrected chi connectivity index (χ1v) is 4.02. The van der Waals surface area contributed by atoms with Crippen LogP contribution in [0, 0.1) is 0 Å². The normalized spacial score (nSPS) is 9.43. The van der Waals surface area contributed by atoms with Crippen LogP contribution in [0.4, 0.5) is 0 Å². The van der Waals surface area contributed by atoms with Gasteiger partial charge >= 0.3 is 0 Å². The Bertz CT molecular complexity index is 468. The van der Waals surface area contributed by atoms with E-state index in [1.54, 1.807) is 18.3 Å². The molecular formula is C11H9NOZn. The zero-order valence-electron chi connectivity index (χ0n) is 7.77. The zero-order valence-corrected chi connectivity index (χ0v) is 10.7. The molecular weight excluding hydrogens is 228 g/mol. The first-order valence-electron chi connectivity index (χ1n) is 4.02. The quantitative estimate of drug-likeness (QED) is 0.772. The van der Waals surface area contributed by atoms with Crippen molar-refractivity contribution in [3.8, 4) is 5.75 Å². The molecule has 2 rings (SSSR count). The number of fused-ring (bicyclic) bond motifs is 1. The first-order chi connectivity index (χ1) is 6.33. The van der Waals surface area contributed by atoms with Gasteiger partial charge in [-0.25, -0.2) is 0 Å². The molecule has 0 saturated carbocycles. The van der Waals surface area contributed by atoms with Crippen LogP contribution in [-0.2, 0) is 19.5 Å². The third kappa shape index (κ3) is 1.68. The van der Waals surface area contributed by atoms with Crippen LogP contribution in [-0.4, -0.2) is 10.1 Å². The van der Waals surface area contributed by atoms with E-state index in [0.717, 1.165) is 10.9 Å². The van der Waals surface area contributed by atoms with Crippen molar-refractivity contribution in [2.45, 2.75) is 0 Å². The van der Waals surface area contributed by atoms with Gasteiger partial charge in [-0.05, 0) is 17.7 Å². The van der Waals surface area contributed by atoms with Gasteiger partial charge in [-0.3, -0.25) is 4.98 Å². The van der Waals surface area contributed by atoms with E-state index in [-0.39, 0.29) is 25.2 Å². The molecule has 0 fully saturated rings. The van der Waals surface area contributed by atoms with Crippen molar-refractivity contribution in [1.82, 2.24) is 4.98 Å². The first kappa shape index (κ1) is 10.9. The third-order valence-corrected chi connectivity index (χ3v) is 2.00. The standard InChI is InChI=1S/C11H9NO.Zn/c1-2-8-5-6-10(13)11-9(8)4-3-7-12-11;/h2-7,13H,1H2;. The molecule has 0 bridgehead atoms. The van der Waals surface area contributed by atoms with Crippen LogP contribution < -0.4 is 0 Å². The fourth-order valence-electron chi connectivity index (χ4n) is 1.36. The van der Waals surface area contributed by atoms with E-state index in [1.165, 1.54) is 0 Å². The van der Waals surface area contributed by atoms with Crippen LogP contribution in [0.15, 0.2) is 37.0 Å². The Kier molecular flexibility index (Phi) is 3.37. The number of hydrogen-bond acceptors (Lipinski definition) is 2. The second-order valence-electron chi connectivity index (χ2n) is 2.78. The van der Waals surface area contributed by atoms with E-state index in [0.29, 0.717) is 5.52 Å². The topological polar surface area (TPSA) is 33.1 Å². The maximum Gasteiger partial charge on any atom is 0.141 e. The summed E-state index contributed by atoms with van der Waals surface area (Å²) in [5.41, 5.74) is 1.61. The molecule has 0 saturated heterocycles. The fraction of sp³-hybridized carbons (Fsp3) is 0. The molecule has 2 aromatic rings. The molecule has 0 unspecified atom stereocenters. The van der Waals surface area contributed by atoms with Gasteiger partial charge in [0.2, 0.25) is 0 Å². The number of pyridine rings is 1. The Balaban J connectivity index is 0.000000980. The van der Waals surface area contributed by atoms with Gasteiger partial charge in [0.25, 0.3) is 0 Å². The monoisotopic (exact) mass is 235 g/mol. The van der Waals surface area contributed by atoms with Crippen molar-refractivity contribution in [2.75, 3.05) is 0 Å². The molecule has 0 aliphatic heterocycles. The van der Waals surface area contributed by atoms with Crippen LogP contribution in [0.25, 0.3) is 17.0 Å². The molecule has 0 radical (unpaired) electrons. The maximum atomic E-state index is 9.49. The molecule has 1 aromatic carbocycles. The summed E-state index contributed by atoms with van der Waals surface area (Å²) in [6.45, 7) is 3.70. The Morgan fingerprint density at radius 2 is 2.07 bits per heavy atom. The predicted octanol–water partition coefficient (Wildman–Crippen LogP) is 2.58. The minimum atomic E-state index is 0. The second kappa shape index (κ2) is 4.34. The van der Waals surface area contributed by atoms with Gasteiger partial charge in [0.05, 0.1) is 0 Å². The van der Waals surface area contributed by atoms with E-state index in [9.17, 15) is 5.11 Å². The number of rotatable bonds is 1. The number of benzene rings is 1. The molecule has 1 aromatic heterocycles. The van der Waals surface area contributed by atoms with Crippen molar-refractivity contribution >= 4 is 17.0 Å². The van der Waals surface area contributed by atoms with Crippen LogP contribution >= 0.6 is 0 Å². The van der Waals surface area contributed by atoms with Crippen molar-refractivity contribution < 1.29 is 24.6 Å². The van der Waals surface area contributed by atoms with Gasteiger partial charge in [-0.15, -0.1) is 0 Å². The molecule has 0 spiro atoms. The van der Waals surface area contributed by atoms with E-state index < -0.39 is 0 Å². The maximum absolute atomic E-state index is 9.49. The SMILES string of the molecule is C=Cc1ccc(O)c2ncccc12.[Zn]. The molecule has 0 aliphatic rings. The minimum absolute atomic E-state index is 0. The Morgan fingerprint density at radius 3 is 2.79 bits per heavy atom. The van der Waals surface area contributed by atoms with Crippen molar-refractivity contribution in [1.29, 1.82) is 0 Å². The van der Waals surface area contributed by atoms with E-state index >= 15 is 0 Å². The van der Waals surface area contributed by atoms with Crippen LogP contribution in [0.2, 0.25) is 0 Å². The fourth-order valence-corrected chi connectivity index (χ4v) is 1.36. The summed E-state index contributed by atoms with van der Waals surface area (Å²) >= 11 is 0.